The molecule has 2 aromatic rings. The fraction of sp³-hybridized carbons (Fsp3) is 0.400. The quantitative estimate of drug-likeness (QED) is 0.811. The highest BCUT2D eigenvalue weighted by atomic mass is 16.5. The van der Waals surface area contributed by atoms with Crippen LogP contribution in [0, 0.1) is 0 Å². The number of carbonyl (C=O) groups excluding carboxylic acids is 2. The van der Waals surface area contributed by atoms with E-state index in [1.807, 2.05) is 12.1 Å². The number of nitrogens with zero attached hydrogens (tertiary/aromatic N) is 2. The molecule has 0 bridgehead atoms. The molecule has 7 nitrogen and oxygen atoms in total. The van der Waals surface area contributed by atoms with Crippen LogP contribution >= 0.6 is 0 Å². The fourth-order valence-corrected chi connectivity index (χ4v) is 2.27. The van der Waals surface area contributed by atoms with Gasteiger partial charge in [0.05, 0.1) is 17.6 Å². The molecule has 1 amide bonds. The van der Waals surface area contributed by atoms with Crippen molar-refractivity contribution in [1.29, 1.82) is 0 Å². The first-order valence-electron chi connectivity index (χ1n) is 7.06. The predicted molar refractivity (Wildman–Crippen MR) is 81.4 cm³/mol. The first kappa shape index (κ1) is 15.8. The molecule has 2 rings (SSSR count). The standard InChI is InChI=1S/C15H19N3O4/c1-4-22-14(20)10(2)16-13(19)9-18-12-8-6-5-7-11(12)17(3)15(18)21/h5-8,10H,4,9H2,1-3H3,(H,16,19). The number of esters is 1. The molecule has 1 N–H and O–H groups in total. The summed E-state index contributed by atoms with van der Waals surface area (Å²) in [6.45, 7) is 3.34. The van der Waals surface area contributed by atoms with Gasteiger partial charge in [0.2, 0.25) is 5.91 Å². The number of amides is 1. The van der Waals surface area contributed by atoms with E-state index in [1.165, 1.54) is 9.13 Å². The van der Waals surface area contributed by atoms with Crippen molar-refractivity contribution in [1.82, 2.24) is 14.5 Å². The molecule has 1 aromatic heterocycles. The largest absolute Gasteiger partial charge is 0.464 e. The number of hydrogen-bond acceptors (Lipinski definition) is 4. The van der Waals surface area contributed by atoms with Crippen LogP contribution < -0.4 is 11.0 Å². The predicted octanol–water partition coefficient (Wildman–Crippen LogP) is 0.408. The van der Waals surface area contributed by atoms with Crippen LogP contribution in [-0.2, 0) is 27.9 Å². The maximum Gasteiger partial charge on any atom is 0.329 e. The number of para-hydroxylation sites is 2. The summed E-state index contributed by atoms with van der Waals surface area (Å²) in [4.78, 5) is 35.8. The molecule has 0 aliphatic carbocycles. The molecule has 1 heterocycles. The number of nitrogens with one attached hydrogen (secondary N) is 1. The zero-order valence-corrected chi connectivity index (χ0v) is 12.8. The lowest BCUT2D eigenvalue weighted by atomic mass is 10.3. The van der Waals surface area contributed by atoms with E-state index in [2.05, 4.69) is 5.32 Å². The van der Waals surface area contributed by atoms with Crippen LogP contribution in [0.4, 0.5) is 0 Å². The molecular weight excluding hydrogens is 286 g/mol. The summed E-state index contributed by atoms with van der Waals surface area (Å²) in [5.41, 5.74) is 1.15. The van der Waals surface area contributed by atoms with Gasteiger partial charge in [-0.1, -0.05) is 12.1 Å². The molecule has 0 saturated carbocycles. The number of carbonyl (C=O) groups is 2. The van der Waals surface area contributed by atoms with E-state index in [0.717, 1.165) is 5.52 Å². The van der Waals surface area contributed by atoms with Crippen LogP contribution in [0.15, 0.2) is 29.1 Å². The molecule has 1 unspecified atom stereocenters. The van der Waals surface area contributed by atoms with Gasteiger partial charge in [-0.25, -0.2) is 9.59 Å². The minimum absolute atomic E-state index is 0.149. The smallest absolute Gasteiger partial charge is 0.329 e. The van der Waals surface area contributed by atoms with Gasteiger partial charge in [0.1, 0.15) is 12.6 Å². The minimum Gasteiger partial charge on any atom is -0.464 e. The first-order valence-corrected chi connectivity index (χ1v) is 7.06. The van der Waals surface area contributed by atoms with Crippen molar-refractivity contribution in [3.63, 3.8) is 0 Å². The molecule has 0 saturated heterocycles. The second-order valence-corrected chi connectivity index (χ2v) is 4.96. The van der Waals surface area contributed by atoms with Gasteiger partial charge in [-0.15, -0.1) is 0 Å². The molecular formula is C15H19N3O4. The van der Waals surface area contributed by atoms with Crippen LogP contribution in [-0.4, -0.2) is 33.7 Å². The van der Waals surface area contributed by atoms with Gasteiger partial charge in [-0.05, 0) is 26.0 Å². The average Bonchev–Trinajstić information content (AvgIpc) is 2.73. The van der Waals surface area contributed by atoms with E-state index in [9.17, 15) is 14.4 Å². The Hall–Kier alpha value is -2.57. The maximum atomic E-state index is 12.2. The summed E-state index contributed by atoms with van der Waals surface area (Å²) < 4.78 is 7.69. The van der Waals surface area contributed by atoms with Gasteiger partial charge >= 0.3 is 11.7 Å². The second kappa shape index (κ2) is 6.46. The normalized spacial score (nSPS) is 12.1. The molecule has 0 spiro atoms. The van der Waals surface area contributed by atoms with E-state index >= 15 is 0 Å². The molecule has 0 aliphatic heterocycles. The zero-order chi connectivity index (χ0) is 16.3. The maximum absolute atomic E-state index is 12.2. The topological polar surface area (TPSA) is 82.3 Å². The molecule has 22 heavy (non-hydrogen) atoms. The Balaban J connectivity index is 2.18. The Morgan fingerprint density at radius 2 is 1.91 bits per heavy atom. The lowest BCUT2D eigenvalue weighted by molar-refractivity contribution is -0.146. The zero-order valence-electron chi connectivity index (χ0n) is 12.8. The molecule has 0 aliphatic rings. The van der Waals surface area contributed by atoms with Crippen molar-refractivity contribution in [2.75, 3.05) is 6.61 Å². The lowest BCUT2D eigenvalue weighted by Gasteiger charge is -2.12. The third kappa shape index (κ3) is 3.03. The third-order valence-electron chi connectivity index (χ3n) is 3.37. The summed E-state index contributed by atoms with van der Waals surface area (Å²) in [6, 6.07) is 6.47. The van der Waals surface area contributed by atoms with Crippen molar-refractivity contribution in [2.45, 2.75) is 26.4 Å². The van der Waals surface area contributed by atoms with Crippen molar-refractivity contribution in [3.8, 4) is 0 Å². The van der Waals surface area contributed by atoms with Crippen LogP contribution in [0.25, 0.3) is 11.0 Å². The number of aromatic nitrogens is 2. The Kier molecular flexibility index (Phi) is 4.65. The van der Waals surface area contributed by atoms with E-state index in [4.69, 9.17) is 4.74 Å². The van der Waals surface area contributed by atoms with Crippen molar-refractivity contribution >= 4 is 22.9 Å². The summed E-state index contributed by atoms with van der Waals surface area (Å²) in [6.07, 6.45) is 0. The van der Waals surface area contributed by atoms with Gasteiger partial charge in [-0.3, -0.25) is 13.9 Å². The van der Waals surface area contributed by atoms with Crippen LogP contribution in [0.2, 0.25) is 0 Å². The van der Waals surface area contributed by atoms with Crippen molar-refractivity contribution in [3.05, 3.63) is 34.7 Å². The second-order valence-electron chi connectivity index (χ2n) is 4.96. The van der Waals surface area contributed by atoms with Gasteiger partial charge in [0, 0.05) is 7.05 Å². The van der Waals surface area contributed by atoms with Gasteiger partial charge in [0.25, 0.3) is 0 Å². The van der Waals surface area contributed by atoms with E-state index in [-0.39, 0.29) is 18.8 Å². The Morgan fingerprint density at radius 3 is 2.55 bits per heavy atom. The van der Waals surface area contributed by atoms with Crippen LogP contribution in [0.3, 0.4) is 0 Å². The van der Waals surface area contributed by atoms with E-state index in [0.29, 0.717) is 5.52 Å². The number of imidazole rings is 1. The third-order valence-corrected chi connectivity index (χ3v) is 3.37. The molecule has 118 valence electrons. The molecule has 7 heteroatoms. The monoisotopic (exact) mass is 305 g/mol. The number of fused-ring (bicyclic) bond motifs is 1. The number of benzene rings is 1. The van der Waals surface area contributed by atoms with Crippen LogP contribution in [0.5, 0.6) is 0 Å². The Bertz CT molecular complexity index is 760. The molecule has 0 fully saturated rings. The SMILES string of the molecule is CCOC(=O)C(C)NC(=O)Cn1c(=O)n(C)c2ccccc21. The number of hydrogen-bond donors (Lipinski definition) is 1. The minimum atomic E-state index is -0.752. The van der Waals surface area contributed by atoms with Crippen molar-refractivity contribution in [2.24, 2.45) is 7.05 Å². The summed E-state index contributed by atoms with van der Waals surface area (Å²) in [5, 5.41) is 2.53. The summed E-state index contributed by atoms with van der Waals surface area (Å²) in [5.74, 6) is -0.917. The highest BCUT2D eigenvalue weighted by Gasteiger charge is 2.18. The van der Waals surface area contributed by atoms with Gasteiger partial charge < -0.3 is 10.1 Å². The fourth-order valence-electron chi connectivity index (χ4n) is 2.27. The van der Waals surface area contributed by atoms with Crippen molar-refractivity contribution < 1.29 is 14.3 Å². The number of ether oxygens (including phenoxy) is 1. The summed E-state index contributed by atoms with van der Waals surface area (Å²) in [7, 11) is 1.65. The van der Waals surface area contributed by atoms with E-state index < -0.39 is 17.9 Å². The van der Waals surface area contributed by atoms with Crippen LogP contribution in [0.1, 0.15) is 13.8 Å². The lowest BCUT2D eigenvalue weighted by Crippen LogP contribution is -2.42. The van der Waals surface area contributed by atoms with Gasteiger partial charge in [0.15, 0.2) is 0 Å². The first-order chi connectivity index (χ1) is 10.5. The van der Waals surface area contributed by atoms with Gasteiger partial charge in [-0.2, -0.15) is 0 Å². The Morgan fingerprint density at radius 1 is 1.27 bits per heavy atom. The highest BCUT2D eigenvalue weighted by molar-refractivity contribution is 5.85. The molecule has 1 atom stereocenters. The molecule has 0 radical (unpaired) electrons. The molecule has 1 aromatic carbocycles. The highest BCUT2D eigenvalue weighted by Crippen LogP contribution is 2.11. The number of aryl methyl sites for hydroxylation is 1. The average molecular weight is 305 g/mol. The van der Waals surface area contributed by atoms with E-state index in [1.54, 1.807) is 33.0 Å². The summed E-state index contributed by atoms with van der Waals surface area (Å²) >= 11 is 0. The Labute approximate surface area is 127 Å². The number of rotatable bonds is 5.